The highest BCUT2D eigenvalue weighted by Gasteiger charge is 2.19. The lowest BCUT2D eigenvalue weighted by Crippen LogP contribution is -2.38. The maximum atomic E-state index is 11.0. The van der Waals surface area contributed by atoms with Crippen molar-refractivity contribution in [3.05, 3.63) is 0 Å². The summed E-state index contributed by atoms with van der Waals surface area (Å²) in [6, 6.07) is 0.0833. The summed E-state index contributed by atoms with van der Waals surface area (Å²) in [5.41, 5.74) is 0. The van der Waals surface area contributed by atoms with Crippen molar-refractivity contribution in [2.45, 2.75) is 26.8 Å². The largest absolute Gasteiger partial charge is 0.300 e. The molecule has 0 fully saturated rings. The third kappa shape index (κ3) is 2.48. The van der Waals surface area contributed by atoms with E-state index in [-0.39, 0.29) is 11.8 Å². The Labute approximate surface area is 63.2 Å². The minimum Gasteiger partial charge on any atom is -0.300 e. The van der Waals surface area contributed by atoms with E-state index in [4.69, 9.17) is 0 Å². The molecular weight excluding hydrogens is 126 g/mol. The molecule has 2 heteroatoms. The van der Waals surface area contributed by atoms with E-state index in [1.165, 1.54) is 0 Å². The van der Waals surface area contributed by atoms with Crippen molar-refractivity contribution < 1.29 is 4.79 Å². The predicted molar refractivity (Wildman–Crippen MR) is 43.0 cm³/mol. The van der Waals surface area contributed by atoms with Gasteiger partial charge in [-0.3, -0.25) is 9.69 Å². The molecule has 0 aliphatic heterocycles. The van der Waals surface area contributed by atoms with E-state index in [0.29, 0.717) is 5.92 Å². The van der Waals surface area contributed by atoms with Gasteiger partial charge in [0.1, 0.15) is 5.78 Å². The second-order valence-corrected chi connectivity index (χ2v) is 3.26. The normalized spacial score (nSPS) is 14.3. The average molecular weight is 143 g/mol. The highest BCUT2D eigenvalue weighted by molar-refractivity contribution is 5.81. The molecule has 0 heterocycles. The second-order valence-electron chi connectivity index (χ2n) is 3.26. The maximum Gasteiger partial charge on any atom is 0.147 e. The molecule has 0 aromatic heterocycles. The summed E-state index contributed by atoms with van der Waals surface area (Å²) < 4.78 is 0. The number of hydrogen-bond donors (Lipinski definition) is 0. The van der Waals surface area contributed by atoms with E-state index in [0.717, 1.165) is 0 Å². The zero-order valence-corrected chi connectivity index (χ0v) is 7.51. The molecule has 0 amide bonds. The van der Waals surface area contributed by atoms with Gasteiger partial charge in [-0.05, 0) is 26.9 Å². The van der Waals surface area contributed by atoms with Gasteiger partial charge in [-0.25, -0.2) is 0 Å². The minimum absolute atomic E-state index is 0.0833. The van der Waals surface area contributed by atoms with Crippen LogP contribution in [0.25, 0.3) is 0 Å². The van der Waals surface area contributed by atoms with E-state index < -0.39 is 0 Å². The Morgan fingerprint density at radius 1 is 1.30 bits per heavy atom. The smallest absolute Gasteiger partial charge is 0.147 e. The fourth-order valence-electron chi connectivity index (χ4n) is 1.43. The Kier molecular flexibility index (Phi) is 3.58. The molecular formula is C8H17NO. The number of likely N-dealkylation sites (N-methyl/N-ethyl adjacent to an activating group) is 1. The fourth-order valence-corrected chi connectivity index (χ4v) is 1.43. The van der Waals surface area contributed by atoms with Gasteiger partial charge in [0.2, 0.25) is 0 Å². The first-order valence-corrected chi connectivity index (χ1v) is 3.63. The number of hydrogen-bond acceptors (Lipinski definition) is 2. The van der Waals surface area contributed by atoms with E-state index in [9.17, 15) is 4.79 Å². The maximum absolute atomic E-state index is 11.0. The van der Waals surface area contributed by atoms with Crippen LogP contribution in [0.1, 0.15) is 20.8 Å². The summed E-state index contributed by atoms with van der Waals surface area (Å²) in [6.45, 7) is 5.77. The Balaban J connectivity index is 4.12. The Morgan fingerprint density at radius 3 is 1.70 bits per heavy atom. The number of rotatable bonds is 3. The Hall–Kier alpha value is -0.370. The van der Waals surface area contributed by atoms with Crippen LogP contribution in [0.3, 0.4) is 0 Å². The van der Waals surface area contributed by atoms with Crippen LogP contribution in [-0.2, 0) is 4.79 Å². The van der Waals surface area contributed by atoms with Gasteiger partial charge in [-0.15, -0.1) is 0 Å². The van der Waals surface area contributed by atoms with E-state index in [1.807, 2.05) is 19.0 Å². The number of Topliss-reactive ketones (excluding diaryl/α,β-unsaturated/α-hetero) is 1. The molecule has 0 rings (SSSR count). The van der Waals surface area contributed by atoms with Gasteiger partial charge in [-0.2, -0.15) is 0 Å². The third-order valence-electron chi connectivity index (χ3n) is 1.60. The monoisotopic (exact) mass is 143 g/mol. The van der Waals surface area contributed by atoms with Crippen molar-refractivity contribution in [1.82, 2.24) is 4.90 Å². The third-order valence-corrected chi connectivity index (χ3v) is 1.60. The van der Waals surface area contributed by atoms with E-state index in [2.05, 4.69) is 13.8 Å². The van der Waals surface area contributed by atoms with E-state index in [1.54, 1.807) is 6.92 Å². The van der Waals surface area contributed by atoms with Crippen molar-refractivity contribution in [3.8, 4) is 0 Å². The van der Waals surface area contributed by atoms with Crippen LogP contribution in [0.4, 0.5) is 0 Å². The lowest BCUT2D eigenvalue weighted by Gasteiger charge is -2.24. The summed E-state index contributed by atoms with van der Waals surface area (Å²) >= 11 is 0. The predicted octanol–water partition coefficient (Wildman–Crippen LogP) is 1.16. The first kappa shape index (κ1) is 9.63. The first-order chi connectivity index (χ1) is 4.46. The molecule has 0 aromatic rings. The van der Waals surface area contributed by atoms with Gasteiger partial charge >= 0.3 is 0 Å². The molecule has 1 atom stereocenters. The topological polar surface area (TPSA) is 20.3 Å². The zero-order valence-electron chi connectivity index (χ0n) is 7.51. The minimum atomic E-state index is 0.0833. The molecule has 0 saturated carbocycles. The van der Waals surface area contributed by atoms with E-state index >= 15 is 0 Å². The molecule has 0 aliphatic carbocycles. The van der Waals surface area contributed by atoms with Gasteiger partial charge < -0.3 is 0 Å². The number of nitrogens with zero attached hydrogens (tertiary/aromatic N) is 1. The average Bonchev–Trinajstić information content (AvgIpc) is 1.59. The van der Waals surface area contributed by atoms with Crippen molar-refractivity contribution in [3.63, 3.8) is 0 Å². The van der Waals surface area contributed by atoms with Gasteiger partial charge in [0.15, 0.2) is 0 Å². The van der Waals surface area contributed by atoms with Crippen LogP contribution in [0.2, 0.25) is 0 Å². The van der Waals surface area contributed by atoms with Crippen LogP contribution in [-0.4, -0.2) is 30.8 Å². The highest BCUT2D eigenvalue weighted by Crippen LogP contribution is 2.07. The number of ketones is 1. The molecule has 2 nitrogen and oxygen atoms in total. The standard InChI is InChI=1S/C8H17NO/c1-6(2)8(7(3)10)9(4)5/h6,8H,1-5H3. The molecule has 0 aliphatic rings. The molecule has 0 spiro atoms. The lowest BCUT2D eigenvalue weighted by atomic mass is 10.0. The summed E-state index contributed by atoms with van der Waals surface area (Å²) in [5.74, 6) is 0.660. The Morgan fingerprint density at radius 2 is 1.70 bits per heavy atom. The van der Waals surface area contributed by atoms with Crippen molar-refractivity contribution in [1.29, 1.82) is 0 Å². The van der Waals surface area contributed by atoms with Crippen molar-refractivity contribution in [2.24, 2.45) is 5.92 Å². The van der Waals surface area contributed by atoms with Gasteiger partial charge in [0, 0.05) is 0 Å². The molecule has 0 N–H and O–H groups in total. The summed E-state index contributed by atoms with van der Waals surface area (Å²) in [6.07, 6.45) is 0. The van der Waals surface area contributed by atoms with Gasteiger partial charge in [0.25, 0.3) is 0 Å². The number of carbonyl (C=O) groups excluding carboxylic acids is 1. The van der Waals surface area contributed by atoms with Crippen LogP contribution in [0.5, 0.6) is 0 Å². The van der Waals surface area contributed by atoms with Crippen LogP contribution >= 0.6 is 0 Å². The summed E-state index contributed by atoms with van der Waals surface area (Å²) in [7, 11) is 3.87. The second kappa shape index (κ2) is 3.71. The Bertz CT molecular complexity index is 110. The molecule has 0 saturated heterocycles. The molecule has 1 unspecified atom stereocenters. The van der Waals surface area contributed by atoms with Crippen molar-refractivity contribution in [2.75, 3.05) is 14.1 Å². The first-order valence-electron chi connectivity index (χ1n) is 3.63. The SMILES string of the molecule is CC(=O)C(C(C)C)N(C)C. The molecule has 0 radical (unpaired) electrons. The molecule has 0 aromatic carbocycles. The lowest BCUT2D eigenvalue weighted by molar-refractivity contribution is -0.122. The van der Waals surface area contributed by atoms with Gasteiger partial charge in [0.05, 0.1) is 6.04 Å². The number of carbonyl (C=O) groups is 1. The van der Waals surface area contributed by atoms with Gasteiger partial charge in [-0.1, -0.05) is 13.8 Å². The molecule has 0 bridgehead atoms. The fraction of sp³-hybridized carbons (Fsp3) is 0.875. The van der Waals surface area contributed by atoms with Crippen LogP contribution in [0, 0.1) is 5.92 Å². The molecule has 60 valence electrons. The van der Waals surface area contributed by atoms with Crippen LogP contribution in [0.15, 0.2) is 0 Å². The highest BCUT2D eigenvalue weighted by atomic mass is 16.1. The summed E-state index contributed by atoms with van der Waals surface area (Å²) in [5, 5.41) is 0. The van der Waals surface area contributed by atoms with Crippen LogP contribution < -0.4 is 0 Å². The summed E-state index contributed by atoms with van der Waals surface area (Å²) in [4.78, 5) is 13.0. The zero-order chi connectivity index (χ0) is 8.31. The van der Waals surface area contributed by atoms with Crippen molar-refractivity contribution >= 4 is 5.78 Å². The quantitative estimate of drug-likeness (QED) is 0.591. The molecule has 10 heavy (non-hydrogen) atoms.